The number of hydrogen-bond acceptors (Lipinski definition) is 3. The molecule has 0 bridgehead atoms. The molecule has 0 heterocycles. The quantitative estimate of drug-likeness (QED) is 0.122. The van der Waals surface area contributed by atoms with Crippen LogP contribution in [0.15, 0.2) is 109 Å². The second-order valence-electron chi connectivity index (χ2n) is 12.0. The number of methoxy groups -OCH3 is 1. The van der Waals surface area contributed by atoms with E-state index < -0.39 is 0 Å². The Bertz CT molecular complexity index is 2050. The summed E-state index contributed by atoms with van der Waals surface area (Å²) in [5, 5.41) is 0. The molecule has 256 valence electrons. The van der Waals surface area contributed by atoms with Crippen LogP contribution in [0.5, 0.6) is 5.75 Å². The first-order chi connectivity index (χ1) is 23.9. The van der Waals surface area contributed by atoms with E-state index in [9.17, 15) is 13.2 Å². The third-order valence-corrected chi connectivity index (χ3v) is 10.7. The number of aryl methyl sites for hydroxylation is 3. The number of benzene rings is 6. The van der Waals surface area contributed by atoms with E-state index in [0.717, 1.165) is 51.6 Å². The average Bonchev–Trinajstić information content (AvgIpc) is 3.09. The van der Waals surface area contributed by atoms with E-state index in [-0.39, 0.29) is 30.7 Å². The minimum absolute atomic E-state index is 0.253. The lowest BCUT2D eigenvalue weighted by Gasteiger charge is -2.10. The van der Waals surface area contributed by atoms with Gasteiger partial charge in [0.25, 0.3) is 0 Å². The van der Waals surface area contributed by atoms with E-state index in [0.29, 0.717) is 28.1 Å². The number of rotatable bonds is 8. The molecule has 0 saturated heterocycles. The van der Waals surface area contributed by atoms with Crippen molar-refractivity contribution >= 4 is 50.9 Å². The summed E-state index contributed by atoms with van der Waals surface area (Å²) in [6.07, 6.45) is 0. The van der Waals surface area contributed by atoms with Gasteiger partial charge in [-0.05, 0) is 159 Å². The van der Waals surface area contributed by atoms with Gasteiger partial charge in [-0.15, -0.1) is 0 Å². The van der Waals surface area contributed by atoms with Crippen LogP contribution in [0.3, 0.4) is 0 Å². The van der Waals surface area contributed by atoms with Gasteiger partial charge in [0, 0.05) is 35.6 Å². The summed E-state index contributed by atoms with van der Waals surface area (Å²) >= 11 is 4.54. The van der Waals surface area contributed by atoms with Crippen LogP contribution >= 0.6 is 45.2 Å². The highest BCUT2D eigenvalue weighted by Crippen LogP contribution is 2.30. The van der Waals surface area contributed by atoms with E-state index >= 15 is 0 Å². The monoisotopic (exact) mass is 897 g/mol. The van der Waals surface area contributed by atoms with Crippen molar-refractivity contribution < 1.29 is 22.6 Å². The van der Waals surface area contributed by atoms with Gasteiger partial charge in [0.15, 0.2) is 0 Å². The van der Waals surface area contributed by atoms with Crippen LogP contribution in [-0.4, -0.2) is 7.11 Å². The minimum Gasteiger partial charge on any atom is -0.497 e. The largest absolute Gasteiger partial charge is 0.497 e. The van der Waals surface area contributed by atoms with Crippen molar-refractivity contribution in [3.8, 4) is 39.1 Å². The SMILES string of the molecule is COc1ccc(-c2ccc(N)c(C)c2)c(F)c1.Cc1cc(-c2ccc(COCc3ccc(-c4ccc(I)c(C)c4)c(F)c3)cc2F)ccc1I. The lowest BCUT2D eigenvalue weighted by molar-refractivity contribution is 0.107. The molecular weight excluding hydrogens is 861 g/mol. The second-order valence-corrected chi connectivity index (χ2v) is 14.3. The number of ether oxygens (including phenoxy) is 2. The molecule has 0 saturated carbocycles. The van der Waals surface area contributed by atoms with Gasteiger partial charge in [0.1, 0.15) is 23.2 Å². The smallest absolute Gasteiger partial charge is 0.134 e. The highest BCUT2D eigenvalue weighted by atomic mass is 127. The minimum atomic E-state index is -0.298. The van der Waals surface area contributed by atoms with Gasteiger partial charge >= 0.3 is 0 Å². The summed E-state index contributed by atoms with van der Waals surface area (Å²) in [6.45, 7) is 6.44. The summed E-state index contributed by atoms with van der Waals surface area (Å²) in [7, 11) is 1.52. The first kappa shape index (κ1) is 37.4. The number of halogens is 5. The van der Waals surface area contributed by atoms with Crippen molar-refractivity contribution in [3.05, 3.63) is 162 Å². The van der Waals surface area contributed by atoms with E-state index in [1.807, 2.05) is 81.4 Å². The summed E-state index contributed by atoms with van der Waals surface area (Å²) in [4.78, 5) is 0. The third-order valence-electron chi connectivity index (χ3n) is 8.30. The van der Waals surface area contributed by atoms with Crippen molar-refractivity contribution in [2.45, 2.75) is 34.0 Å². The molecule has 0 aliphatic rings. The summed E-state index contributed by atoms with van der Waals surface area (Å²) in [5.74, 6) is -0.341. The fraction of sp³-hybridized carbons (Fsp3) is 0.143. The van der Waals surface area contributed by atoms with E-state index in [1.54, 1.807) is 30.3 Å². The topological polar surface area (TPSA) is 44.5 Å². The maximum Gasteiger partial charge on any atom is 0.134 e. The highest BCUT2D eigenvalue weighted by Gasteiger charge is 2.11. The zero-order valence-corrected chi connectivity index (χ0v) is 32.4. The zero-order chi connectivity index (χ0) is 35.9. The Labute approximate surface area is 318 Å². The molecule has 0 aliphatic heterocycles. The standard InChI is InChI=1S/C28H22F2I2O.C14H14FNO/c1-17-11-21(5-9-27(17)31)23-7-3-19(13-25(23)29)15-33-16-20-4-8-24(26(30)14-20)22-6-10-28(32)18(2)12-22;1-9-7-10(3-6-14(9)16)12-5-4-11(17-2)8-13(12)15/h3-14H,15-16H2,1-2H3;3-8H,16H2,1-2H3. The Balaban J connectivity index is 0.000000240. The number of hydrogen-bond donors (Lipinski definition) is 1. The highest BCUT2D eigenvalue weighted by molar-refractivity contribution is 14.1. The predicted octanol–water partition coefficient (Wildman–Crippen LogP) is 12.2. The molecule has 0 radical (unpaired) electrons. The third kappa shape index (κ3) is 9.26. The van der Waals surface area contributed by atoms with Crippen LogP contribution < -0.4 is 10.5 Å². The van der Waals surface area contributed by atoms with Gasteiger partial charge in [0.2, 0.25) is 0 Å². The Morgan fingerprint density at radius 2 is 0.940 bits per heavy atom. The van der Waals surface area contributed by atoms with Gasteiger partial charge in [0.05, 0.1) is 20.3 Å². The van der Waals surface area contributed by atoms with Crippen molar-refractivity contribution in [2.24, 2.45) is 0 Å². The number of nitrogens with two attached hydrogens (primary N) is 1. The van der Waals surface area contributed by atoms with Gasteiger partial charge in [-0.3, -0.25) is 0 Å². The Morgan fingerprint density at radius 1 is 0.520 bits per heavy atom. The molecule has 6 aromatic rings. The molecule has 2 N–H and O–H groups in total. The summed E-state index contributed by atoms with van der Waals surface area (Å²) in [5.41, 5.74) is 15.3. The molecule has 50 heavy (non-hydrogen) atoms. The molecule has 8 heteroatoms. The average molecular weight is 898 g/mol. The van der Waals surface area contributed by atoms with Crippen LogP contribution in [0.1, 0.15) is 27.8 Å². The fourth-order valence-corrected chi connectivity index (χ4v) is 6.05. The first-order valence-electron chi connectivity index (χ1n) is 15.8. The zero-order valence-electron chi connectivity index (χ0n) is 28.1. The van der Waals surface area contributed by atoms with Crippen molar-refractivity contribution in [1.82, 2.24) is 0 Å². The number of nitrogen functional groups attached to an aromatic ring is 1. The first-order valence-corrected chi connectivity index (χ1v) is 18.0. The molecule has 0 aliphatic carbocycles. The molecule has 0 unspecified atom stereocenters. The van der Waals surface area contributed by atoms with Crippen LogP contribution in [0.4, 0.5) is 18.9 Å². The lowest BCUT2D eigenvalue weighted by atomic mass is 10.0. The molecule has 0 aromatic heterocycles. The van der Waals surface area contributed by atoms with E-state index in [4.69, 9.17) is 15.2 Å². The second kappa shape index (κ2) is 16.9. The van der Waals surface area contributed by atoms with E-state index in [2.05, 4.69) is 45.2 Å². The fourth-order valence-electron chi connectivity index (χ4n) is 5.38. The molecule has 0 atom stereocenters. The van der Waals surface area contributed by atoms with Gasteiger partial charge in [-0.1, -0.05) is 54.6 Å². The summed E-state index contributed by atoms with van der Waals surface area (Å²) in [6, 6.07) is 32.4. The van der Waals surface area contributed by atoms with Crippen molar-refractivity contribution in [2.75, 3.05) is 12.8 Å². The Hall–Kier alpha value is -3.87. The Morgan fingerprint density at radius 3 is 1.34 bits per heavy atom. The van der Waals surface area contributed by atoms with Crippen LogP contribution in [0, 0.1) is 45.4 Å². The maximum absolute atomic E-state index is 14.7. The maximum atomic E-state index is 14.7. The van der Waals surface area contributed by atoms with E-state index in [1.165, 1.54) is 25.3 Å². The van der Waals surface area contributed by atoms with Crippen molar-refractivity contribution in [3.63, 3.8) is 0 Å². The molecule has 6 aromatic carbocycles. The molecule has 0 amide bonds. The van der Waals surface area contributed by atoms with Gasteiger partial charge in [-0.25, -0.2) is 13.2 Å². The molecule has 0 fully saturated rings. The molecule has 3 nitrogen and oxygen atoms in total. The van der Waals surface area contributed by atoms with Gasteiger partial charge in [-0.2, -0.15) is 0 Å². The molecule has 6 rings (SSSR count). The van der Waals surface area contributed by atoms with Crippen molar-refractivity contribution in [1.29, 1.82) is 0 Å². The normalized spacial score (nSPS) is 10.8. The summed E-state index contributed by atoms with van der Waals surface area (Å²) < 4.78 is 56.3. The molecular formula is C42H36F3I2NO2. The van der Waals surface area contributed by atoms with Crippen LogP contribution in [-0.2, 0) is 18.0 Å². The van der Waals surface area contributed by atoms with Crippen LogP contribution in [0.25, 0.3) is 33.4 Å². The predicted molar refractivity (Wildman–Crippen MR) is 215 cm³/mol. The van der Waals surface area contributed by atoms with Gasteiger partial charge < -0.3 is 15.2 Å². The van der Waals surface area contributed by atoms with Crippen LogP contribution in [0.2, 0.25) is 0 Å². The lowest BCUT2D eigenvalue weighted by Crippen LogP contribution is -1.97. The molecule has 0 spiro atoms. The number of anilines is 1. The Kier molecular flexibility index (Phi) is 12.6.